The molecule has 2 aromatic rings. The minimum atomic E-state index is -0.646. The molecule has 1 fully saturated rings. The largest absolute Gasteiger partial charge is 0.367 e. The summed E-state index contributed by atoms with van der Waals surface area (Å²) in [6, 6.07) is 3.65. The first kappa shape index (κ1) is 16.9. The minimum absolute atomic E-state index is 0.393. The van der Waals surface area contributed by atoms with E-state index in [1.165, 1.54) is 0 Å². The number of aryl methyl sites for hydroxylation is 2. The molecule has 1 aliphatic rings. The summed E-state index contributed by atoms with van der Waals surface area (Å²) in [5.41, 5.74) is 2.23. The lowest BCUT2D eigenvalue weighted by molar-refractivity contribution is -0.143. The zero-order valence-corrected chi connectivity index (χ0v) is 14.5. The molecule has 3 rings (SSSR count). The van der Waals surface area contributed by atoms with Crippen molar-refractivity contribution in [2.24, 2.45) is 0 Å². The van der Waals surface area contributed by atoms with E-state index in [-0.39, 0.29) is 0 Å². The van der Waals surface area contributed by atoms with Crippen molar-refractivity contribution in [3.8, 4) is 0 Å². The molecule has 8 nitrogen and oxygen atoms in total. The standard InChI is InChI=1S/C17H22N6O2/c1-3-23-7-5-15(20-23)19-16(24)17(25)22-10-8-21(9-11-22)14-12-18-6-4-13(14)2/h4-7,12H,3,8-11H2,1-2H3,(H,19,20,24). The third-order valence-corrected chi connectivity index (χ3v) is 4.32. The molecule has 0 atom stereocenters. The van der Waals surface area contributed by atoms with Gasteiger partial charge in [0.15, 0.2) is 5.82 Å². The Balaban J connectivity index is 1.56. The first-order valence-corrected chi connectivity index (χ1v) is 8.37. The smallest absolute Gasteiger partial charge is 0.315 e. The molecular weight excluding hydrogens is 320 g/mol. The van der Waals surface area contributed by atoms with Crippen LogP contribution in [0.5, 0.6) is 0 Å². The molecule has 0 aliphatic carbocycles. The summed E-state index contributed by atoms with van der Waals surface area (Å²) in [5, 5.41) is 6.72. The summed E-state index contributed by atoms with van der Waals surface area (Å²) in [4.78, 5) is 32.4. The normalized spacial score (nSPS) is 14.5. The molecule has 1 N–H and O–H groups in total. The van der Waals surface area contributed by atoms with Crippen LogP contribution in [0.1, 0.15) is 12.5 Å². The number of hydrogen-bond acceptors (Lipinski definition) is 5. The van der Waals surface area contributed by atoms with Gasteiger partial charge in [0.1, 0.15) is 0 Å². The topological polar surface area (TPSA) is 83.4 Å². The predicted molar refractivity (Wildman–Crippen MR) is 94.3 cm³/mol. The van der Waals surface area contributed by atoms with Gasteiger partial charge in [-0.25, -0.2) is 0 Å². The molecule has 132 valence electrons. The number of carbonyl (C=O) groups is 2. The minimum Gasteiger partial charge on any atom is -0.367 e. The Morgan fingerprint density at radius 3 is 2.60 bits per heavy atom. The summed E-state index contributed by atoms with van der Waals surface area (Å²) in [6.07, 6.45) is 5.36. The van der Waals surface area contributed by atoms with Crippen molar-refractivity contribution < 1.29 is 9.59 Å². The number of nitrogens with zero attached hydrogens (tertiary/aromatic N) is 5. The Hall–Kier alpha value is -2.90. The highest BCUT2D eigenvalue weighted by atomic mass is 16.2. The van der Waals surface area contributed by atoms with Gasteiger partial charge >= 0.3 is 11.8 Å². The van der Waals surface area contributed by atoms with Crippen LogP contribution in [0, 0.1) is 6.92 Å². The lowest BCUT2D eigenvalue weighted by atomic mass is 10.2. The molecule has 0 radical (unpaired) electrons. The number of hydrogen-bond donors (Lipinski definition) is 1. The van der Waals surface area contributed by atoms with E-state index in [9.17, 15) is 9.59 Å². The van der Waals surface area contributed by atoms with Crippen LogP contribution in [-0.2, 0) is 16.1 Å². The predicted octanol–water partition coefficient (Wildman–Crippen LogP) is 0.894. The van der Waals surface area contributed by atoms with Crippen molar-refractivity contribution in [3.63, 3.8) is 0 Å². The van der Waals surface area contributed by atoms with Gasteiger partial charge in [-0.1, -0.05) is 0 Å². The second-order valence-corrected chi connectivity index (χ2v) is 5.95. The maximum absolute atomic E-state index is 12.3. The van der Waals surface area contributed by atoms with E-state index in [4.69, 9.17) is 0 Å². The number of anilines is 2. The van der Waals surface area contributed by atoms with E-state index >= 15 is 0 Å². The molecule has 2 aromatic heterocycles. The Kier molecular flexibility index (Phi) is 4.97. The fourth-order valence-electron chi connectivity index (χ4n) is 2.86. The zero-order chi connectivity index (χ0) is 17.8. The van der Waals surface area contributed by atoms with E-state index in [1.54, 1.807) is 28.0 Å². The van der Waals surface area contributed by atoms with Gasteiger partial charge in [-0.15, -0.1) is 0 Å². The maximum atomic E-state index is 12.3. The Morgan fingerprint density at radius 2 is 1.96 bits per heavy atom. The molecule has 2 amide bonds. The number of nitrogens with one attached hydrogen (secondary N) is 1. The van der Waals surface area contributed by atoms with Gasteiger partial charge in [-0.2, -0.15) is 5.10 Å². The van der Waals surface area contributed by atoms with Crippen molar-refractivity contribution in [3.05, 3.63) is 36.3 Å². The summed E-state index contributed by atoms with van der Waals surface area (Å²) >= 11 is 0. The van der Waals surface area contributed by atoms with Crippen LogP contribution in [-0.4, -0.2) is 57.7 Å². The number of carbonyl (C=O) groups excluding carboxylic acids is 2. The Morgan fingerprint density at radius 1 is 1.20 bits per heavy atom. The first-order valence-electron chi connectivity index (χ1n) is 8.37. The molecular formula is C17H22N6O2. The highest BCUT2D eigenvalue weighted by Crippen LogP contribution is 2.19. The molecule has 25 heavy (non-hydrogen) atoms. The molecule has 0 spiro atoms. The molecule has 0 saturated carbocycles. The van der Waals surface area contributed by atoms with Crippen LogP contribution in [0.3, 0.4) is 0 Å². The van der Waals surface area contributed by atoms with E-state index < -0.39 is 11.8 Å². The summed E-state index contributed by atoms with van der Waals surface area (Å²) < 4.78 is 1.69. The molecule has 0 bridgehead atoms. The van der Waals surface area contributed by atoms with Crippen LogP contribution < -0.4 is 10.2 Å². The Bertz CT molecular complexity index is 764. The van der Waals surface area contributed by atoms with E-state index in [1.807, 2.05) is 26.1 Å². The van der Waals surface area contributed by atoms with Crippen molar-refractivity contribution in [1.29, 1.82) is 0 Å². The highest BCUT2D eigenvalue weighted by molar-refractivity contribution is 6.39. The van der Waals surface area contributed by atoms with Gasteiger partial charge in [0.2, 0.25) is 0 Å². The Labute approximate surface area is 146 Å². The fourth-order valence-corrected chi connectivity index (χ4v) is 2.86. The molecule has 3 heterocycles. The van der Waals surface area contributed by atoms with E-state index in [0.29, 0.717) is 38.5 Å². The van der Waals surface area contributed by atoms with Crippen LogP contribution >= 0.6 is 0 Å². The fraction of sp³-hybridized carbons (Fsp3) is 0.412. The van der Waals surface area contributed by atoms with Gasteiger partial charge in [0.25, 0.3) is 0 Å². The summed E-state index contributed by atoms with van der Waals surface area (Å²) in [5.74, 6) is -0.772. The molecule has 8 heteroatoms. The number of piperazine rings is 1. The number of amides is 2. The maximum Gasteiger partial charge on any atom is 0.315 e. The molecule has 1 aliphatic heterocycles. The first-order chi connectivity index (χ1) is 12.1. The van der Waals surface area contributed by atoms with E-state index in [2.05, 4.69) is 20.3 Å². The van der Waals surface area contributed by atoms with Crippen LogP contribution in [0.4, 0.5) is 11.5 Å². The van der Waals surface area contributed by atoms with Crippen LogP contribution in [0.2, 0.25) is 0 Å². The molecule has 0 aromatic carbocycles. The quantitative estimate of drug-likeness (QED) is 0.838. The van der Waals surface area contributed by atoms with Crippen molar-refractivity contribution in [2.45, 2.75) is 20.4 Å². The number of aromatic nitrogens is 3. The third-order valence-electron chi connectivity index (χ3n) is 4.32. The van der Waals surface area contributed by atoms with Gasteiger partial charge in [0, 0.05) is 51.2 Å². The lowest BCUT2D eigenvalue weighted by Crippen LogP contribution is -2.51. The van der Waals surface area contributed by atoms with Gasteiger partial charge < -0.3 is 15.1 Å². The van der Waals surface area contributed by atoms with Crippen LogP contribution in [0.25, 0.3) is 0 Å². The van der Waals surface area contributed by atoms with Gasteiger partial charge in [-0.05, 0) is 25.5 Å². The zero-order valence-electron chi connectivity index (χ0n) is 14.5. The second-order valence-electron chi connectivity index (χ2n) is 5.95. The van der Waals surface area contributed by atoms with Gasteiger partial charge in [-0.3, -0.25) is 19.3 Å². The average Bonchev–Trinajstić information content (AvgIpc) is 3.09. The molecule has 1 saturated heterocycles. The number of pyridine rings is 1. The van der Waals surface area contributed by atoms with Gasteiger partial charge in [0.05, 0.1) is 11.9 Å². The highest BCUT2D eigenvalue weighted by Gasteiger charge is 2.27. The average molecular weight is 342 g/mol. The van der Waals surface area contributed by atoms with Crippen LogP contribution in [0.15, 0.2) is 30.7 Å². The monoisotopic (exact) mass is 342 g/mol. The second kappa shape index (κ2) is 7.33. The third kappa shape index (κ3) is 3.78. The summed E-state index contributed by atoms with van der Waals surface area (Å²) in [7, 11) is 0. The summed E-state index contributed by atoms with van der Waals surface area (Å²) in [6.45, 7) is 7.06. The SMILES string of the molecule is CCn1ccc(NC(=O)C(=O)N2CCN(c3cnccc3C)CC2)n1. The number of rotatable bonds is 3. The van der Waals surface area contributed by atoms with Crippen molar-refractivity contribution >= 4 is 23.3 Å². The van der Waals surface area contributed by atoms with Crippen molar-refractivity contribution in [2.75, 3.05) is 36.4 Å². The van der Waals surface area contributed by atoms with Crippen molar-refractivity contribution in [1.82, 2.24) is 19.7 Å². The lowest BCUT2D eigenvalue weighted by Gasteiger charge is -2.36. The van der Waals surface area contributed by atoms with E-state index in [0.717, 1.165) is 11.3 Å². The molecule has 0 unspecified atom stereocenters.